The van der Waals surface area contributed by atoms with Crippen molar-refractivity contribution in [3.63, 3.8) is 0 Å². The van der Waals surface area contributed by atoms with E-state index in [1.54, 1.807) is 5.41 Å². The first-order chi connectivity index (χ1) is 8.79. The smallest absolute Gasteiger partial charge is 0.330 e. The predicted molar refractivity (Wildman–Crippen MR) is 67.3 cm³/mol. The molecule has 0 N–H and O–H groups in total. The van der Waals surface area contributed by atoms with Gasteiger partial charge in [-0.1, -0.05) is 11.8 Å². The lowest BCUT2D eigenvalue weighted by atomic mass is 10.4. The van der Waals surface area contributed by atoms with Crippen molar-refractivity contribution in [3.05, 3.63) is 17.3 Å². The zero-order valence-corrected chi connectivity index (χ0v) is 11.0. The third-order valence-electron chi connectivity index (χ3n) is 3.12. The molecule has 2 aliphatic carbocycles. The summed E-state index contributed by atoms with van der Waals surface area (Å²) in [4.78, 5) is 11.0. The number of nitrogens with zero attached hydrogens (tertiary/aromatic N) is 3. The molecule has 2 aliphatic rings. The minimum atomic E-state index is -0.345. The molecule has 0 unspecified atom stereocenters. The molecule has 96 valence electrons. The van der Waals surface area contributed by atoms with Gasteiger partial charge in [-0.05, 0) is 31.1 Å². The van der Waals surface area contributed by atoms with Gasteiger partial charge in [0.2, 0.25) is 0 Å². The molecule has 0 amide bonds. The lowest BCUT2D eigenvalue weighted by molar-refractivity contribution is -0.134. The van der Waals surface area contributed by atoms with Gasteiger partial charge in [0.05, 0.1) is 7.11 Å². The second-order valence-electron chi connectivity index (χ2n) is 4.66. The first-order valence-electron chi connectivity index (χ1n) is 6.15. The number of carbonyl (C=O) groups is 1. The van der Waals surface area contributed by atoms with Crippen LogP contribution in [0.5, 0.6) is 0 Å². The first-order valence-corrected chi connectivity index (χ1v) is 7.03. The Morgan fingerprint density at radius 3 is 2.78 bits per heavy atom. The van der Waals surface area contributed by atoms with Gasteiger partial charge in [0.25, 0.3) is 0 Å². The largest absolute Gasteiger partial charge is 0.466 e. The van der Waals surface area contributed by atoms with Crippen LogP contribution in [0.2, 0.25) is 0 Å². The summed E-state index contributed by atoms with van der Waals surface area (Å²) in [7, 11) is 1.37. The SMILES string of the molecule is COC(=O)C=CSc1nnc(C2CC2)n1C1CC1. The van der Waals surface area contributed by atoms with Crippen LogP contribution in [-0.2, 0) is 9.53 Å². The molecule has 0 aliphatic heterocycles. The normalized spacial score (nSPS) is 19.4. The molecule has 0 radical (unpaired) electrons. The average molecular weight is 265 g/mol. The molecule has 0 atom stereocenters. The van der Waals surface area contributed by atoms with Crippen molar-refractivity contribution in [2.45, 2.75) is 42.8 Å². The minimum Gasteiger partial charge on any atom is -0.466 e. The van der Waals surface area contributed by atoms with Gasteiger partial charge in [0, 0.05) is 18.0 Å². The van der Waals surface area contributed by atoms with Crippen LogP contribution >= 0.6 is 11.8 Å². The summed E-state index contributed by atoms with van der Waals surface area (Å²) < 4.78 is 6.80. The Balaban J connectivity index is 1.75. The quantitative estimate of drug-likeness (QED) is 0.464. The zero-order chi connectivity index (χ0) is 12.5. The van der Waals surface area contributed by atoms with Gasteiger partial charge < -0.3 is 9.30 Å². The molecule has 2 saturated carbocycles. The van der Waals surface area contributed by atoms with Crippen molar-refractivity contribution < 1.29 is 9.53 Å². The highest BCUT2D eigenvalue weighted by Gasteiger charge is 2.36. The maximum absolute atomic E-state index is 11.0. The number of rotatable bonds is 5. The van der Waals surface area contributed by atoms with Crippen molar-refractivity contribution in [3.8, 4) is 0 Å². The van der Waals surface area contributed by atoms with Crippen LogP contribution in [-0.4, -0.2) is 27.8 Å². The average Bonchev–Trinajstić information content (AvgIpc) is 3.28. The molecule has 3 rings (SSSR count). The maximum Gasteiger partial charge on any atom is 0.330 e. The molecule has 1 aromatic heterocycles. The Hall–Kier alpha value is -1.30. The monoisotopic (exact) mass is 265 g/mol. The van der Waals surface area contributed by atoms with Crippen molar-refractivity contribution in [2.75, 3.05) is 7.11 Å². The van der Waals surface area contributed by atoms with Crippen LogP contribution in [0.25, 0.3) is 0 Å². The Morgan fingerprint density at radius 2 is 2.17 bits per heavy atom. The second-order valence-corrected chi connectivity index (χ2v) is 5.53. The van der Waals surface area contributed by atoms with Crippen LogP contribution in [0.15, 0.2) is 16.6 Å². The topological polar surface area (TPSA) is 57.0 Å². The third kappa shape index (κ3) is 2.43. The molecule has 0 aromatic carbocycles. The molecule has 5 nitrogen and oxygen atoms in total. The number of aromatic nitrogens is 3. The molecular formula is C12H15N3O2S. The molecule has 0 bridgehead atoms. The zero-order valence-electron chi connectivity index (χ0n) is 10.2. The van der Waals surface area contributed by atoms with E-state index in [0.717, 1.165) is 11.0 Å². The lowest BCUT2D eigenvalue weighted by Crippen LogP contribution is -2.01. The van der Waals surface area contributed by atoms with E-state index >= 15 is 0 Å². The molecule has 2 fully saturated rings. The molecule has 18 heavy (non-hydrogen) atoms. The van der Waals surface area contributed by atoms with Crippen LogP contribution in [0.1, 0.15) is 43.5 Å². The number of thioether (sulfide) groups is 1. The van der Waals surface area contributed by atoms with Crippen molar-refractivity contribution >= 4 is 17.7 Å². The number of hydrogen-bond acceptors (Lipinski definition) is 5. The summed E-state index contributed by atoms with van der Waals surface area (Å²) in [5.74, 6) is 1.39. The number of esters is 1. The van der Waals surface area contributed by atoms with Gasteiger partial charge in [-0.3, -0.25) is 0 Å². The third-order valence-corrected chi connectivity index (χ3v) is 3.89. The molecule has 0 spiro atoms. The van der Waals surface area contributed by atoms with E-state index in [-0.39, 0.29) is 5.97 Å². The van der Waals surface area contributed by atoms with Crippen LogP contribution in [0.4, 0.5) is 0 Å². The van der Waals surface area contributed by atoms with E-state index in [1.165, 1.54) is 50.6 Å². The Morgan fingerprint density at radius 1 is 1.39 bits per heavy atom. The number of ether oxygens (including phenoxy) is 1. The van der Waals surface area contributed by atoms with Crippen LogP contribution in [0, 0.1) is 0 Å². The molecule has 0 saturated heterocycles. The highest BCUT2D eigenvalue weighted by molar-refractivity contribution is 8.02. The maximum atomic E-state index is 11.0. The molecule has 1 heterocycles. The second kappa shape index (κ2) is 4.76. The highest BCUT2D eigenvalue weighted by Crippen LogP contribution is 2.46. The molecular weight excluding hydrogens is 250 g/mol. The van der Waals surface area contributed by atoms with Crippen molar-refractivity contribution in [1.82, 2.24) is 14.8 Å². The van der Waals surface area contributed by atoms with Crippen molar-refractivity contribution in [2.24, 2.45) is 0 Å². The number of methoxy groups -OCH3 is 1. The van der Waals surface area contributed by atoms with Crippen molar-refractivity contribution in [1.29, 1.82) is 0 Å². The summed E-state index contributed by atoms with van der Waals surface area (Å²) in [6.45, 7) is 0. The highest BCUT2D eigenvalue weighted by atomic mass is 32.2. The van der Waals surface area contributed by atoms with Crippen LogP contribution < -0.4 is 0 Å². The summed E-state index contributed by atoms with van der Waals surface area (Å²) in [6.07, 6.45) is 6.30. The van der Waals surface area contributed by atoms with E-state index < -0.39 is 0 Å². The Bertz CT molecular complexity index is 490. The Kier molecular flexibility index (Phi) is 3.11. The summed E-state index contributed by atoms with van der Waals surface area (Å²) >= 11 is 1.43. The Labute approximate surface area is 110 Å². The molecule has 1 aromatic rings. The fourth-order valence-corrected chi connectivity index (χ4v) is 2.63. The van der Waals surface area contributed by atoms with E-state index in [1.807, 2.05) is 0 Å². The first kappa shape index (κ1) is 11.8. The standard InChI is InChI=1S/C12H15N3O2S/c1-17-10(16)6-7-18-12-14-13-11(8-2-3-8)15(12)9-4-5-9/h6-9H,2-5H2,1H3. The predicted octanol–water partition coefficient (Wildman–Crippen LogP) is 2.27. The fourth-order valence-electron chi connectivity index (χ4n) is 1.88. The lowest BCUT2D eigenvalue weighted by Gasteiger charge is -2.05. The van der Waals surface area contributed by atoms with Gasteiger partial charge in [0.1, 0.15) is 5.82 Å². The molecule has 6 heteroatoms. The van der Waals surface area contributed by atoms with Gasteiger partial charge >= 0.3 is 5.97 Å². The van der Waals surface area contributed by atoms with E-state index in [9.17, 15) is 4.79 Å². The van der Waals surface area contributed by atoms with Gasteiger partial charge in [-0.2, -0.15) is 0 Å². The number of hydrogen-bond donors (Lipinski definition) is 0. The van der Waals surface area contributed by atoms with E-state index in [4.69, 9.17) is 0 Å². The number of carbonyl (C=O) groups excluding carboxylic acids is 1. The van der Waals surface area contributed by atoms with E-state index in [0.29, 0.717) is 12.0 Å². The van der Waals surface area contributed by atoms with Crippen LogP contribution in [0.3, 0.4) is 0 Å². The minimum absolute atomic E-state index is 0.345. The van der Waals surface area contributed by atoms with E-state index in [2.05, 4.69) is 19.5 Å². The van der Waals surface area contributed by atoms with Gasteiger partial charge in [-0.15, -0.1) is 10.2 Å². The van der Waals surface area contributed by atoms with Gasteiger partial charge in [-0.25, -0.2) is 4.79 Å². The fraction of sp³-hybridized carbons (Fsp3) is 0.583. The van der Waals surface area contributed by atoms with Gasteiger partial charge in [0.15, 0.2) is 5.16 Å². The summed E-state index contributed by atoms with van der Waals surface area (Å²) in [5.41, 5.74) is 0. The summed E-state index contributed by atoms with van der Waals surface area (Å²) in [5, 5.41) is 11.1. The summed E-state index contributed by atoms with van der Waals surface area (Å²) in [6, 6.07) is 0.574.